The van der Waals surface area contributed by atoms with Gasteiger partial charge in [0.15, 0.2) is 0 Å². The SMILES string of the molecule is CCOP(=O)(OCC)OCc1c(C)cc(OC)c(C)c1C. The van der Waals surface area contributed by atoms with E-state index in [2.05, 4.69) is 0 Å². The van der Waals surface area contributed by atoms with Crippen molar-refractivity contribution in [3.8, 4) is 5.75 Å². The molecule has 0 heterocycles. The maximum absolute atomic E-state index is 12.3. The van der Waals surface area contributed by atoms with E-state index in [1.54, 1.807) is 21.0 Å². The van der Waals surface area contributed by atoms with Gasteiger partial charge in [0.2, 0.25) is 0 Å². The van der Waals surface area contributed by atoms with Gasteiger partial charge in [-0.25, -0.2) is 4.57 Å². The molecule has 1 aromatic carbocycles. The number of phosphoric ester groups is 1. The summed E-state index contributed by atoms with van der Waals surface area (Å²) in [6.45, 7) is 10.2. The van der Waals surface area contributed by atoms with Crippen molar-refractivity contribution < 1.29 is 22.9 Å². The Morgan fingerprint density at radius 2 is 1.57 bits per heavy atom. The number of phosphoric acid groups is 1. The lowest BCUT2D eigenvalue weighted by molar-refractivity contribution is 0.116. The molecule has 0 spiro atoms. The van der Waals surface area contributed by atoms with Crippen molar-refractivity contribution in [2.75, 3.05) is 20.3 Å². The van der Waals surface area contributed by atoms with Crippen LogP contribution in [0.2, 0.25) is 0 Å². The molecule has 0 saturated carbocycles. The number of hydrogen-bond donors (Lipinski definition) is 0. The average molecular weight is 316 g/mol. The fourth-order valence-electron chi connectivity index (χ4n) is 2.10. The lowest BCUT2D eigenvalue weighted by atomic mass is 9.98. The van der Waals surface area contributed by atoms with Crippen molar-refractivity contribution in [3.63, 3.8) is 0 Å². The van der Waals surface area contributed by atoms with Crippen LogP contribution in [-0.4, -0.2) is 20.3 Å². The van der Waals surface area contributed by atoms with Gasteiger partial charge in [-0.2, -0.15) is 0 Å². The first-order valence-electron chi connectivity index (χ1n) is 7.05. The molecule has 0 aliphatic carbocycles. The van der Waals surface area contributed by atoms with Gasteiger partial charge in [-0.05, 0) is 62.9 Å². The summed E-state index contributed by atoms with van der Waals surface area (Å²) in [6, 6.07) is 1.95. The third kappa shape index (κ3) is 4.55. The van der Waals surface area contributed by atoms with E-state index in [1.165, 1.54) is 0 Å². The normalized spacial score (nSPS) is 11.7. The third-order valence-corrected chi connectivity index (χ3v) is 4.96. The molecular weight excluding hydrogens is 291 g/mol. The van der Waals surface area contributed by atoms with Gasteiger partial charge in [-0.3, -0.25) is 13.6 Å². The number of aryl methyl sites for hydroxylation is 1. The van der Waals surface area contributed by atoms with E-state index >= 15 is 0 Å². The molecule has 0 radical (unpaired) electrons. The zero-order valence-corrected chi connectivity index (χ0v) is 14.6. The van der Waals surface area contributed by atoms with E-state index < -0.39 is 7.82 Å². The zero-order chi connectivity index (χ0) is 16.0. The standard InChI is InChI=1S/C15H25O5P/c1-7-18-21(16,19-8-2)20-10-14-11(3)9-15(17-6)13(5)12(14)4/h9H,7-8,10H2,1-6H3. The second-order valence-corrected chi connectivity index (χ2v) is 6.35. The molecule has 0 fully saturated rings. The summed E-state index contributed by atoms with van der Waals surface area (Å²) in [6.07, 6.45) is 0. The molecular formula is C15H25O5P. The first kappa shape index (κ1) is 18.2. The van der Waals surface area contributed by atoms with Gasteiger partial charge in [0.1, 0.15) is 5.75 Å². The topological polar surface area (TPSA) is 54.0 Å². The first-order chi connectivity index (χ1) is 9.88. The monoisotopic (exact) mass is 316 g/mol. The molecule has 0 aliphatic rings. The lowest BCUT2D eigenvalue weighted by Crippen LogP contribution is -2.04. The molecule has 0 saturated heterocycles. The average Bonchev–Trinajstić information content (AvgIpc) is 2.43. The molecule has 5 nitrogen and oxygen atoms in total. The lowest BCUT2D eigenvalue weighted by Gasteiger charge is -2.19. The van der Waals surface area contributed by atoms with Crippen LogP contribution in [-0.2, 0) is 24.7 Å². The zero-order valence-electron chi connectivity index (χ0n) is 13.7. The number of rotatable bonds is 8. The van der Waals surface area contributed by atoms with Gasteiger partial charge < -0.3 is 4.74 Å². The van der Waals surface area contributed by atoms with Crippen LogP contribution in [0.4, 0.5) is 0 Å². The second kappa shape index (κ2) is 7.95. The number of methoxy groups -OCH3 is 1. The minimum atomic E-state index is -3.49. The Morgan fingerprint density at radius 1 is 1.00 bits per heavy atom. The van der Waals surface area contributed by atoms with Gasteiger partial charge in [0.25, 0.3) is 0 Å². The maximum atomic E-state index is 12.3. The predicted molar refractivity (Wildman–Crippen MR) is 82.9 cm³/mol. The molecule has 6 heteroatoms. The summed E-state index contributed by atoms with van der Waals surface area (Å²) in [7, 11) is -1.84. The Balaban J connectivity index is 2.98. The van der Waals surface area contributed by atoms with E-state index in [0.717, 1.165) is 28.0 Å². The molecule has 0 aromatic heterocycles. The van der Waals surface area contributed by atoms with Gasteiger partial charge in [0.05, 0.1) is 26.9 Å². The van der Waals surface area contributed by atoms with Gasteiger partial charge in [0, 0.05) is 0 Å². The summed E-state index contributed by atoms with van der Waals surface area (Å²) in [5, 5.41) is 0. The molecule has 1 aromatic rings. The van der Waals surface area contributed by atoms with Crippen LogP contribution in [0.1, 0.15) is 36.1 Å². The summed E-state index contributed by atoms with van der Waals surface area (Å²) in [4.78, 5) is 0. The van der Waals surface area contributed by atoms with Crippen LogP contribution in [0.5, 0.6) is 5.75 Å². The van der Waals surface area contributed by atoms with E-state index in [-0.39, 0.29) is 19.8 Å². The molecule has 21 heavy (non-hydrogen) atoms. The second-order valence-electron chi connectivity index (χ2n) is 4.68. The molecule has 0 bridgehead atoms. The fraction of sp³-hybridized carbons (Fsp3) is 0.600. The van der Waals surface area contributed by atoms with E-state index in [9.17, 15) is 4.57 Å². The highest BCUT2D eigenvalue weighted by Gasteiger charge is 2.26. The van der Waals surface area contributed by atoms with Gasteiger partial charge in [-0.1, -0.05) is 0 Å². The highest BCUT2D eigenvalue weighted by atomic mass is 31.2. The molecule has 0 unspecified atom stereocenters. The molecule has 1 rings (SSSR count). The minimum Gasteiger partial charge on any atom is -0.496 e. The smallest absolute Gasteiger partial charge is 0.475 e. The van der Waals surface area contributed by atoms with Crippen LogP contribution in [0, 0.1) is 20.8 Å². The van der Waals surface area contributed by atoms with Crippen molar-refractivity contribution >= 4 is 7.82 Å². The van der Waals surface area contributed by atoms with E-state index in [4.69, 9.17) is 18.3 Å². The van der Waals surface area contributed by atoms with E-state index in [1.807, 2.05) is 26.8 Å². The molecule has 0 amide bonds. The third-order valence-electron chi connectivity index (χ3n) is 3.37. The molecule has 0 N–H and O–H groups in total. The van der Waals surface area contributed by atoms with Gasteiger partial charge in [-0.15, -0.1) is 0 Å². The van der Waals surface area contributed by atoms with Crippen molar-refractivity contribution in [1.29, 1.82) is 0 Å². The number of hydrogen-bond acceptors (Lipinski definition) is 5. The minimum absolute atomic E-state index is 0.180. The number of ether oxygens (including phenoxy) is 1. The highest BCUT2D eigenvalue weighted by molar-refractivity contribution is 7.48. The van der Waals surface area contributed by atoms with Crippen molar-refractivity contribution in [1.82, 2.24) is 0 Å². The van der Waals surface area contributed by atoms with Crippen molar-refractivity contribution in [2.24, 2.45) is 0 Å². The Bertz CT molecular complexity index is 517. The maximum Gasteiger partial charge on any atom is 0.475 e. The summed E-state index contributed by atoms with van der Waals surface area (Å²) >= 11 is 0. The number of benzene rings is 1. The van der Waals surface area contributed by atoms with Gasteiger partial charge >= 0.3 is 7.82 Å². The Hall–Kier alpha value is -0.870. The van der Waals surface area contributed by atoms with Crippen LogP contribution >= 0.6 is 7.82 Å². The first-order valence-corrected chi connectivity index (χ1v) is 8.51. The van der Waals surface area contributed by atoms with Crippen LogP contribution < -0.4 is 4.74 Å². The molecule has 120 valence electrons. The van der Waals surface area contributed by atoms with Crippen LogP contribution in [0.15, 0.2) is 6.07 Å². The van der Waals surface area contributed by atoms with Crippen LogP contribution in [0.25, 0.3) is 0 Å². The summed E-state index contributed by atoms with van der Waals surface area (Å²) in [5.41, 5.74) is 4.11. The quantitative estimate of drug-likeness (QED) is 0.669. The summed E-state index contributed by atoms with van der Waals surface area (Å²) in [5.74, 6) is 0.839. The van der Waals surface area contributed by atoms with Crippen molar-refractivity contribution in [2.45, 2.75) is 41.2 Å². The Morgan fingerprint density at radius 3 is 2.05 bits per heavy atom. The van der Waals surface area contributed by atoms with Crippen molar-refractivity contribution in [3.05, 3.63) is 28.3 Å². The highest BCUT2D eigenvalue weighted by Crippen LogP contribution is 2.50. The van der Waals surface area contributed by atoms with Crippen LogP contribution in [0.3, 0.4) is 0 Å². The summed E-state index contributed by atoms with van der Waals surface area (Å²) < 4.78 is 33.4. The Kier molecular flexibility index (Phi) is 6.88. The predicted octanol–water partition coefficient (Wildman–Crippen LogP) is 4.32. The Labute approximate surface area is 127 Å². The fourth-order valence-corrected chi connectivity index (χ4v) is 3.25. The van der Waals surface area contributed by atoms with E-state index in [0.29, 0.717) is 0 Å². The molecule has 0 atom stereocenters. The largest absolute Gasteiger partial charge is 0.496 e. The molecule has 0 aliphatic heterocycles.